The first-order valence-corrected chi connectivity index (χ1v) is 9.07. The number of hydrogen-bond donors (Lipinski definition) is 2. The number of carbonyl (C=O) groups excluding carboxylic acids is 1. The van der Waals surface area contributed by atoms with Gasteiger partial charge in [-0.15, -0.1) is 0 Å². The van der Waals surface area contributed by atoms with E-state index >= 15 is 0 Å². The van der Waals surface area contributed by atoms with E-state index in [0.717, 1.165) is 5.56 Å². The number of aryl methyl sites for hydroxylation is 1. The molecule has 128 valence electrons. The van der Waals surface area contributed by atoms with Crippen LogP contribution in [-0.4, -0.2) is 19.9 Å². The monoisotopic (exact) mass is 346 g/mol. The van der Waals surface area contributed by atoms with Gasteiger partial charge in [-0.25, -0.2) is 8.42 Å². The van der Waals surface area contributed by atoms with E-state index in [1.54, 1.807) is 24.3 Å². The van der Waals surface area contributed by atoms with Gasteiger partial charge >= 0.3 is 0 Å². The molecule has 0 aliphatic rings. The lowest BCUT2D eigenvalue weighted by Gasteiger charge is -2.20. The predicted molar refractivity (Wildman–Crippen MR) is 95.6 cm³/mol. The van der Waals surface area contributed by atoms with Gasteiger partial charge in [0.15, 0.2) is 0 Å². The van der Waals surface area contributed by atoms with E-state index in [9.17, 15) is 13.2 Å². The predicted octanol–water partition coefficient (Wildman–Crippen LogP) is 3.32. The quantitative estimate of drug-likeness (QED) is 0.892. The van der Waals surface area contributed by atoms with Crippen LogP contribution in [0.4, 0.5) is 5.69 Å². The first-order chi connectivity index (χ1) is 11.1. The number of anilines is 1. The van der Waals surface area contributed by atoms with Crippen molar-refractivity contribution in [1.29, 1.82) is 0 Å². The third-order valence-electron chi connectivity index (χ3n) is 3.20. The molecule has 0 radical (unpaired) electrons. The molecule has 0 spiro atoms. The van der Waals surface area contributed by atoms with Gasteiger partial charge in [-0.3, -0.25) is 9.52 Å². The smallest absolute Gasteiger partial charge is 0.261 e. The zero-order chi connectivity index (χ0) is 18.0. The van der Waals surface area contributed by atoms with Crippen LogP contribution in [0.1, 0.15) is 36.7 Å². The topological polar surface area (TPSA) is 75.3 Å². The number of amides is 1. The molecule has 2 aromatic carbocycles. The van der Waals surface area contributed by atoms with Crippen LogP contribution in [0.15, 0.2) is 53.4 Å². The Labute approximate surface area is 143 Å². The summed E-state index contributed by atoms with van der Waals surface area (Å²) >= 11 is 0. The Morgan fingerprint density at radius 3 is 2.21 bits per heavy atom. The van der Waals surface area contributed by atoms with Crippen LogP contribution >= 0.6 is 0 Å². The third kappa shape index (κ3) is 4.83. The molecule has 0 aromatic heterocycles. The second-order valence-electron chi connectivity index (χ2n) is 6.70. The molecule has 0 aliphatic carbocycles. The minimum Gasteiger partial charge on any atom is -0.347 e. The van der Waals surface area contributed by atoms with Crippen molar-refractivity contribution >= 4 is 21.6 Å². The maximum absolute atomic E-state index is 12.5. The van der Waals surface area contributed by atoms with E-state index in [1.165, 1.54) is 12.1 Å². The maximum atomic E-state index is 12.5. The second kappa shape index (κ2) is 6.65. The zero-order valence-electron chi connectivity index (χ0n) is 14.3. The van der Waals surface area contributed by atoms with E-state index in [0.29, 0.717) is 11.3 Å². The van der Waals surface area contributed by atoms with Crippen molar-refractivity contribution in [2.45, 2.75) is 38.1 Å². The molecule has 0 atom stereocenters. The minimum absolute atomic E-state index is 0.0460. The SMILES string of the molecule is Cc1ccc(NS(=O)(=O)c2cccc(C(=O)NC(C)(C)C)c2)cc1. The van der Waals surface area contributed by atoms with Crippen molar-refractivity contribution in [1.82, 2.24) is 5.32 Å². The largest absolute Gasteiger partial charge is 0.347 e. The number of hydrogen-bond acceptors (Lipinski definition) is 3. The fourth-order valence-electron chi connectivity index (χ4n) is 2.05. The van der Waals surface area contributed by atoms with Gasteiger partial charge in [0.05, 0.1) is 4.90 Å². The average molecular weight is 346 g/mol. The summed E-state index contributed by atoms with van der Waals surface area (Å²) in [6, 6.07) is 13.0. The maximum Gasteiger partial charge on any atom is 0.261 e. The molecule has 2 N–H and O–H groups in total. The van der Waals surface area contributed by atoms with Crippen LogP contribution in [0.25, 0.3) is 0 Å². The zero-order valence-corrected chi connectivity index (χ0v) is 15.1. The van der Waals surface area contributed by atoms with Gasteiger partial charge in [0.2, 0.25) is 0 Å². The molecule has 0 fully saturated rings. The third-order valence-corrected chi connectivity index (χ3v) is 4.58. The van der Waals surface area contributed by atoms with Gasteiger partial charge in [0.1, 0.15) is 0 Å². The molecule has 6 heteroatoms. The summed E-state index contributed by atoms with van der Waals surface area (Å²) < 4.78 is 27.5. The molecular weight excluding hydrogens is 324 g/mol. The summed E-state index contributed by atoms with van der Waals surface area (Å²) in [7, 11) is -3.76. The van der Waals surface area contributed by atoms with Crippen molar-refractivity contribution in [2.24, 2.45) is 0 Å². The van der Waals surface area contributed by atoms with Gasteiger partial charge in [-0.1, -0.05) is 23.8 Å². The molecule has 0 aliphatic heterocycles. The number of benzene rings is 2. The lowest BCUT2D eigenvalue weighted by molar-refractivity contribution is 0.0919. The van der Waals surface area contributed by atoms with Crippen LogP contribution in [0.3, 0.4) is 0 Å². The molecule has 5 nitrogen and oxygen atoms in total. The Hall–Kier alpha value is -2.34. The Morgan fingerprint density at radius 1 is 1.00 bits per heavy atom. The molecule has 2 rings (SSSR count). The van der Waals surface area contributed by atoms with Crippen LogP contribution in [0.5, 0.6) is 0 Å². The molecule has 0 unspecified atom stereocenters. The summed E-state index contributed by atoms with van der Waals surface area (Å²) in [6.07, 6.45) is 0. The van der Waals surface area contributed by atoms with E-state index in [1.807, 2.05) is 39.8 Å². The van der Waals surface area contributed by atoms with E-state index in [2.05, 4.69) is 10.0 Å². The molecule has 1 amide bonds. The van der Waals surface area contributed by atoms with Crippen LogP contribution in [0.2, 0.25) is 0 Å². The Balaban J connectivity index is 2.26. The van der Waals surface area contributed by atoms with E-state index < -0.39 is 15.6 Å². The van der Waals surface area contributed by atoms with Gasteiger partial charge in [-0.05, 0) is 58.0 Å². The van der Waals surface area contributed by atoms with Crippen molar-refractivity contribution in [2.75, 3.05) is 4.72 Å². The lowest BCUT2D eigenvalue weighted by atomic mass is 10.1. The van der Waals surface area contributed by atoms with Gasteiger partial charge < -0.3 is 5.32 Å². The first kappa shape index (κ1) is 18.0. The van der Waals surface area contributed by atoms with E-state index in [-0.39, 0.29) is 10.8 Å². The van der Waals surface area contributed by atoms with Gasteiger partial charge in [0, 0.05) is 16.8 Å². The van der Waals surface area contributed by atoms with Crippen molar-refractivity contribution in [3.63, 3.8) is 0 Å². The number of sulfonamides is 1. The fourth-order valence-corrected chi connectivity index (χ4v) is 3.16. The standard InChI is InChI=1S/C18H22N2O3S/c1-13-8-10-15(11-9-13)20-24(22,23)16-7-5-6-14(12-16)17(21)19-18(2,3)4/h5-12,20H,1-4H3,(H,19,21). The molecule has 2 aromatic rings. The highest BCUT2D eigenvalue weighted by Gasteiger charge is 2.19. The Bertz CT molecular complexity index is 835. The number of carbonyl (C=O) groups is 1. The Kier molecular flexibility index (Phi) is 4.99. The minimum atomic E-state index is -3.76. The molecule has 0 saturated carbocycles. The average Bonchev–Trinajstić information content (AvgIpc) is 2.48. The Morgan fingerprint density at radius 2 is 1.62 bits per heavy atom. The van der Waals surface area contributed by atoms with Crippen LogP contribution in [-0.2, 0) is 10.0 Å². The van der Waals surface area contributed by atoms with Crippen LogP contribution in [0, 0.1) is 6.92 Å². The highest BCUT2D eigenvalue weighted by molar-refractivity contribution is 7.92. The first-order valence-electron chi connectivity index (χ1n) is 7.59. The highest BCUT2D eigenvalue weighted by Crippen LogP contribution is 2.18. The summed E-state index contributed by atoms with van der Waals surface area (Å²) in [5, 5.41) is 2.82. The van der Waals surface area contributed by atoms with Crippen LogP contribution < -0.4 is 10.0 Å². The van der Waals surface area contributed by atoms with Crippen molar-refractivity contribution < 1.29 is 13.2 Å². The number of nitrogens with one attached hydrogen (secondary N) is 2. The highest BCUT2D eigenvalue weighted by atomic mass is 32.2. The van der Waals surface area contributed by atoms with Crippen molar-refractivity contribution in [3.8, 4) is 0 Å². The lowest BCUT2D eigenvalue weighted by Crippen LogP contribution is -2.40. The van der Waals surface area contributed by atoms with Gasteiger partial charge in [-0.2, -0.15) is 0 Å². The molecule has 0 saturated heterocycles. The summed E-state index contributed by atoms with van der Waals surface area (Å²) in [5.74, 6) is -0.310. The summed E-state index contributed by atoms with van der Waals surface area (Å²) in [5.41, 5.74) is 1.42. The normalized spacial score (nSPS) is 11.8. The molecule has 24 heavy (non-hydrogen) atoms. The van der Waals surface area contributed by atoms with Gasteiger partial charge in [0.25, 0.3) is 15.9 Å². The molecular formula is C18H22N2O3S. The summed E-state index contributed by atoms with van der Waals surface area (Å²) in [6.45, 7) is 7.52. The summed E-state index contributed by atoms with van der Waals surface area (Å²) in [4.78, 5) is 12.3. The fraction of sp³-hybridized carbons (Fsp3) is 0.278. The molecule has 0 bridgehead atoms. The number of rotatable bonds is 4. The molecule has 0 heterocycles. The second-order valence-corrected chi connectivity index (χ2v) is 8.39. The van der Waals surface area contributed by atoms with Crippen molar-refractivity contribution in [3.05, 3.63) is 59.7 Å². The van der Waals surface area contributed by atoms with E-state index in [4.69, 9.17) is 0 Å².